The van der Waals surface area contributed by atoms with Gasteiger partial charge in [-0.1, -0.05) is 24.3 Å². The van der Waals surface area contributed by atoms with E-state index in [1.165, 1.54) is 11.1 Å². The third kappa shape index (κ3) is 5.33. The summed E-state index contributed by atoms with van der Waals surface area (Å²) in [6.07, 6.45) is 1.21. The van der Waals surface area contributed by atoms with E-state index in [0.717, 1.165) is 26.1 Å². The smallest absolute Gasteiger partial charge is 0.237 e. The van der Waals surface area contributed by atoms with E-state index < -0.39 is 0 Å². The molecule has 1 fully saturated rings. The molecule has 2 aliphatic rings. The molecule has 23 heavy (non-hydrogen) atoms. The summed E-state index contributed by atoms with van der Waals surface area (Å²) in [5.74, 6) is 0.00367. The zero-order chi connectivity index (χ0) is 14.7. The van der Waals surface area contributed by atoms with Crippen LogP contribution in [0.5, 0.6) is 0 Å². The van der Waals surface area contributed by atoms with Crippen LogP contribution in [0.3, 0.4) is 0 Å². The molecule has 5 nitrogen and oxygen atoms in total. The van der Waals surface area contributed by atoms with Gasteiger partial charge in [-0.25, -0.2) is 0 Å². The Balaban J connectivity index is 0.00000132. The zero-order valence-corrected chi connectivity index (χ0v) is 14.7. The van der Waals surface area contributed by atoms with Crippen LogP contribution in [0.2, 0.25) is 0 Å². The molecule has 1 aromatic carbocycles. The largest absolute Gasteiger partial charge is 0.392 e. The van der Waals surface area contributed by atoms with Crippen LogP contribution in [-0.2, 0) is 17.8 Å². The van der Waals surface area contributed by atoms with Crippen LogP contribution in [0.15, 0.2) is 24.3 Å². The molecule has 2 unspecified atom stereocenters. The number of rotatable bonds is 4. The van der Waals surface area contributed by atoms with Crippen molar-refractivity contribution in [2.24, 2.45) is 0 Å². The summed E-state index contributed by atoms with van der Waals surface area (Å²) in [6.45, 7) is 4.06. The van der Waals surface area contributed by atoms with E-state index >= 15 is 0 Å². The number of benzene rings is 1. The molecule has 1 amide bonds. The van der Waals surface area contributed by atoms with E-state index in [2.05, 4.69) is 39.8 Å². The van der Waals surface area contributed by atoms with Gasteiger partial charge in [-0.3, -0.25) is 9.69 Å². The van der Waals surface area contributed by atoms with E-state index in [0.29, 0.717) is 19.5 Å². The number of hydrogen-bond donors (Lipinski definition) is 3. The second kappa shape index (κ2) is 9.45. The number of nitrogens with one attached hydrogen (secondary N) is 2. The molecular formula is C16H25Cl2N3O2. The van der Waals surface area contributed by atoms with Crippen LogP contribution < -0.4 is 10.6 Å². The lowest BCUT2D eigenvalue weighted by molar-refractivity contribution is -0.123. The Morgan fingerprint density at radius 1 is 1.30 bits per heavy atom. The summed E-state index contributed by atoms with van der Waals surface area (Å²) in [6, 6.07) is 8.33. The van der Waals surface area contributed by atoms with Crippen molar-refractivity contribution in [2.45, 2.75) is 31.5 Å². The highest BCUT2D eigenvalue weighted by molar-refractivity contribution is 5.85. The molecule has 130 valence electrons. The quantitative estimate of drug-likeness (QED) is 0.739. The maximum Gasteiger partial charge on any atom is 0.237 e. The Morgan fingerprint density at radius 2 is 2.04 bits per heavy atom. The van der Waals surface area contributed by atoms with Crippen molar-refractivity contribution in [3.05, 3.63) is 35.4 Å². The first-order chi connectivity index (χ1) is 10.2. The summed E-state index contributed by atoms with van der Waals surface area (Å²) < 4.78 is 0. The van der Waals surface area contributed by atoms with Crippen LogP contribution in [0.25, 0.3) is 0 Å². The number of carbonyl (C=O) groups excluding carboxylic acids is 1. The molecule has 1 saturated heterocycles. The monoisotopic (exact) mass is 361 g/mol. The minimum atomic E-state index is -0.389. The Kier molecular flexibility index (Phi) is 8.29. The number of aliphatic hydroxyl groups excluding tert-OH is 1. The molecule has 3 rings (SSSR count). The highest BCUT2D eigenvalue weighted by atomic mass is 35.5. The number of fused-ring (bicyclic) bond motifs is 1. The average Bonchev–Trinajstić information content (AvgIpc) is 2.94. The van der Waals surface area contributed by atoms with Crippen molar-refractivity contribution in [1.82, 2.24) is 15.5 Å². The van der Waals surface area contributed by atoms with Crippen LogP contribution in [0.1, 0.15) is 17.5 Å². The van der Waals surface area contributed by atoms with Crippen LogP contribution in [-0.4, -0.2) is 54.2 Å². The molecule has 0 aromatic heterocycles. The summed E-state index contributed by atoms with van der Waals surface area (Å²) in [5.41, 5.74) is 2.84. The normalized spacial score (nSPS) is 23.3. The molecule has 7 heteroatoms. The Hall–Kier alpha value is -0.850. The van der Waals surface area contributed by atoms with Gasteiger partial charge < -0.3 is 15.7 Å². The number of carbonyl (C=O) groups is 1. The van der Waals surface area contributed by atoms with Gasteiger partial charge in [-0.05, 0) is 24.0 Å². The Labute approximate surface area is 149 Å². The SMILES string of the molecule is Cl.Cl.O=C(NCCN1CCc2ccccc2C1)C1CC(O)CN1. The fraction of sp³-hybridized carbons (Fsp3) is 0.562. The number of β-amino-alcohol motifs (C(OH)–C–C–N with tert-alkyl or cyclic N) is 1. The number of aliphatic hydroxyl groups is 1. The molecule has 0 spiro atoms. The molecule has 1 aromatic rings. The third-order valence-electron chi connectivity index (χ3n) is 4.36. The van der Waals surface area contributed by atoms with Crippen LogP contribution >= 0.6 is 24.8 Å². The standard InChI is InChI=1S/C16H23N3O2.2ClH/c20-14-9-15(18-10-14)16(21)17-6-8-19-7-5-12-3-1-2-4-13(12)11-19;;/h1-4,14-15,18,20H,5-11H2,(H,17,21);2*1H. The number of amides is 1. The lowest BCUT2D eigenvalue weighted by atomic mass is 10.00. The van der Waals surface area contributed by atoms with E-state index in [1.807, 2.05) is 0 Å². The van der Waals surface area contributed by atoms with Gasteiger partial charge >= 0.3 is 0 Å². The zero-order valence-electron chi connectivity index (χ0n) is 13.0. The van der Waals surface area contributed by atoms with Gasteiger partial charge in [0.05, 0.1) is 12.1 Å². The predicted molar refractivity (Wildman–Crippen MR) is 95.3 cm³/mol. The molecule has 0 bridgehead atoms. The Bertz CT molecular complexity index is 516. The predicted octanol–water partition coefficient (Wildman–Crippen LogP) is 0.727. The van der Waals surface area contributed by atoms with Crippen molar-refractivity contribution >= 4 is 30.7 Å². The first-order valence-corrected chi connectivity index (χ1v) is 7.70. The van der Waals surface area contributed by atoms with Gasteiger partial charge in [0.25, 0.3) is 0 Å². The van der Waals surface area contributed by atoms with Gasteiger partial charge in [0.2, 0.25) is 5.91 Å². The molecule has 0 radical (unpaired) electrons. The molecule has 3 N–H and O–H groups in total. The number of nitrogens with zero attached hydrogens (tertiary/aromatic N) is 1. The molecule has 0 aliphatic carbocycles. The lowest BCUT2D eigenvalue weighted by Crippen LogP contribution is -2.44. The average molecular weight is 362 g/mol. The summed E-state index contributed by atoms with van der Waals surface area (Å²) >= 11 is 0. The maximum absolute atomic E-state index is 11.9. The Morgan fingerprint density at radius 3 is 2.74 bits per heavy atom. The molecule has 2 heterocycles. The van der Waals surface area contributed by atoms with Crippen LogP contribution in [0, 0.1) is 0 Å². The first kappa shape index (κ1) is 20.2. The molecular weight excluding hydrogens is 337 g/mol. The van der Waals surface area contributed by atoms with Crippen molar-refractivity contribution in [1.29, 1.82) is 0 Å². The number of hydrogen-bond acceptors (Lipinski definition) is 4. The minimum Gasteiger partial charge on any atom is -0.392 e. The van der Waals surface area contributed by atoms with E-state index in [-0.39, 0.29) is 42.9 Å². The van der Waals surface area contributed by atoms with Crippen molar-refractivity contribution < 1.29 is 9.90 Å². The minimum absolute atomic E-state index is 0. The summed E-state index contributed by atoms with van der Waals surface area (Å²) in [7, 11) is 0. The maximum atomic E-state index is 11.9. The van der Waals surface area contributed by atoms with E-state index in [4.69, 9.17) is 0 Å². The fourth-order valence-corrected chi connectivity index (χ4v) is 3.12. The number of halogens is 2. The van der Waals surface area contributed by atoms with Gasteiger partial charge in [0.15, 0.2) is 0 Å². The lowest BCUT2D eigenvalue weighted by Gasteiger charge is -2.28. The first-order valence-electron chi connectivity index (χ1n) is 7.70. The van der Waals surface area contributed by atoms with Gasteiger partial charge in [0.1, 0.15) is 0 Å². The highest BCUT2D eigenvalue weighted by Crippen LogP contribution is 2.17. The fourth-order valence-electron chi connectivity index (χ4n) is 3.12. The van der Waals surface area contributed by atoms with Crippen molar-refractivity contribution in [3.8, 4) is 0 Å². The highest BCUT2D eigenvalue weighted by Gasteiger charge is 2.27. The van der Waals surface area contributed by atoms with Crippen molar-refractivity contribution in [3.63, 3.8) is 0 Å². The molecule has 0 saturated carbocycles. The second-order valence-electron chi connectivity index (χ2n) is 5.94. The van der Waals surface area contributed by atoms with Gasteiger partial charge in [0, 0.05) is 32.7 Å². The van der Waals surface area contributed by atoms with Crippen LogP contribution in [0.4, 0.5) is 0 Å². The summed E-state index contributed by atoms with van der Waals surface area (Å²) in [4.78, 5) is 14.3. The van der Waals surface area contributed by atoms with Gasteiger partial charge in [-0.15, -0.1) is 24.8 Å². The molecule has 2 aliphatic heterocycles. The van der Waals surface area contributed by atoms with Gasteiger partial charge in [-0.2, -0.15) is 0 Å². The third-order valence-corrected chi connectivity index (χ3v) is 4.36. The summed E-state index contributed by atoms with van der Waals surface area (Å²) in [5, 5.41) is 15.4. The molecule has 2 atom stereocenters. The van der Waals surface area contributed by atoms with E-state index in [9.17, 15) is 9.90 Å². The van der Waals surface area contributed by atoms with E-state index in [1.54, 1.807) is 0 Å². The van der Waals surface area contributed by atoms with Crippen molar-refractivity contribution in [2.75, 3.05) is 26.2 Å². The second-order valence-corrected chi connectivity index (χ2v) is 5.94. The topological polar surface area (TPSA) is 64.6 Å².